The summed E-state index contributed by atoms with van der Waals surface area (Å²) in [7, 11) is 0. The zero-order valence-electron chi connectivity index (χ0n) is 10.2. The van der Waals surface area contributed by atoms with E-state index in [0.29, 0.717) is 12.5 Å². The Morgan fingerprint density at radius 2 is 2.07 bits per heavy atom. The van der Waals surface area contributed by atoms with Gasteiger partial charge in [-0.25, -0.2) is 0 Å². The summed E-state index contributed by atoms with van der Waals surface area (Å²) < 4.78 is 10.2. The van der Waals surface area contributed by atoms with E-state index in [1.807, 2.05) is 6.92 Å². The number of carbonyl (C=O) groups excluding carboxylic acids is 1. The van der Waals surface area contributed by atoms with Gasteiger partial charge in [0.2, 0.25) is 0 Å². The van der Waals surface area contributed by atoms with E-state index in [1.54, 1.807) is 6.92 Å². The molecule has 0 saturated heterocycles. The number of carbonyl (C=O) groups is 1. The zero-order chi connectivity index (χ0) is 11.7. The average molecular weight is 214 g/mol. The van der Waals surface area contributed by atoms with Crippen LogP contribution in [-0.4, -0.2) is 18.9 Å². The fraction of sp³-hybridized carbons (Fsp3) is 0.750. The number of ether oxygens (including phenoxy) is 2. The summed E-state index contributed by atoms with van der Waals surface area (Å²) in [5.41, 5.74) is 0. The van der Waals surface area contributed by atoms with Crippen LogP contribution in [-0.2, 0) is 14.3 Å². The second kappa shape index (κ2) is 8.48. The van der Waals surface area contributed by atoms with Gasteiger partial charge >= 0.3 is 5.97 Å². The molecule has 0 aromatic rings. The van der Waals surface area contributed by atoms with Gasteiger partial charge in [0.05, 0.1) is 6.61 Å². The van der Waals surface area contributed by atoms with Crippen molar-refractivity contribution in [2.45, 2.75) is 46.8 Å². The summed E-state index contributed by atoms with van der Waals surface area (Å²) in [6.07, 6.45) is 5.92. The molecule has 0 amide bonds. The van der Waals surface area contributed by atoms with Gasteiger partial charge in [-0.05, 0) is 32.6 Å². The highest BCUT2D eigenvalue weighted by Gasteiger charge is 2.07. The van der Waals surface area contributed by atoms with Crippen molar-refractivity contribution in [2.24, 2.45) is 5.92 Å². The molecule has 0 radical (unpaired) electrons. The first-order chi connectivity index (χ1) is 7.06. The summed E-state index contributed by atoms with van der Waals surface area (Å²) in [4.78, 5) is 10.6. The molecule has 3 heteroatoms. The Kier molecular flexibility index (Phi) is 8.01. The number of hydrogen-bond acceptors (Lipinski definition) is 3. The molecule has 0 fully saturated rings. The lowest BCUT2D eigenvalue weighted by Crippen LogP contribution is -2.19. The Labute approximate surface area is 92.5 Å². The van der Waals surface area contributed by atoms with Crippen LogP contribution >= 0.6 is 0 Å². The third-order valence-corrected chi connectivity index (χ3v) is 2.01. The van der Waals surface area contributed by atoms with Crippen molar-refractivity contribution < 1.29 is 14.3 Å². The van der Waals surface area contributed by atoms with E-state index in [0.717, 1.165) is 12.8 Å². The first-order valence-corrected chi connectivity index (χ1v) is 5.46. The molecule has 0 aliphatic carbocycles. The summed E-state index contributed by atoms with van der Waals surface area (Å²) in [6, 6.07) is 0. The van der Waals surface area contributed by atoms with Gasteiger partial charge in [-0.3, -0.25) is 4.79 Å². The quantitative estimate of drug-likeness (QED) is 0.371. The topological polar surface area (TPSA) is 35.5 Å². The molecule has 0 aliphatic rings. The molecule has 0 saturated carbocycles. The molecular formula is C12H22O3. The lowest BCUT2D eigenvalue weighted by Gasteiger charge is -2.16. The van der Waals surface area contributed by atoms with E-state index in [4.69, 9.17) is 9.47 Å². The first kappa shape index (κ1) is 14.2. The highest BCUT2D eigenvalue weighted by molar-refractivity contribution is 5.65. The molecular weight excluding hydrogens is 192 g/mol. The minimum absolute atomic E-state index is 0.302. The molecule has 0 heterocycles. The zero-order valence-corrected chi connectivity index (χ0v) is 10.2. The maximum atomic E-state index is 10.6. The number of esters is 1. The lowest BCUT2D eigenvalue weighted by molar-refractivity contribution is -0.174. The Hall–Kier alpha value is -0.830. The normalized spacial score (nSPS) is 15.2. The van der Waals surface area contributed by atoms with Crippen molar-refractivity contribution in [3.8, 4) is 0 Å². The van der Waals surface area contributed by atoms with Gasteiger partial charge in [-0.2, -0.15) is 0 Å². The maximum Gasteiger partial charge on any atom is 0.304 e. The molecule has 0 rings (SSSR count). The predicted octanol–water partition coefficient (Wildman–Crippen LogP) is 2.90. The van der Waals surface area contributed by atoms with Crippen LogP contribution in [0.2, 0.25) is 0 Å². The van der Waals surface area contributed by atoms with Crippen LogP contribution in [0.15, 0.2) is 12.2 Å². The SMILES string of the molecule is CC=CCCC(C)COC(C)OC(C)=O. The fourth-order valence-electron chi connectivity index (χ4n) is 1.20. The molecule has 3 nitrogen and oxygen atoms in total. The molecule has 2 unspecified atom stereocenters. The number of hydrogen-bond donors (Lipinski definition) is 0. The summed E-state index contributed by atoms with van der Waals surface area (Å²) in [5.74, 6) is 0.184. The van der Waals surface area contributed by atoms with E-state index >= 15 is 0 Å². The third-order valence-electron chi connectivity index (χ3n) is 2.01. The van der Waals surface area contributed by atoms with Crippen molar-refractivity contribution in [1.82, 2.24) is 0 Å². The standard InChI is InChI=1S/C12H22O3/c1-5-6-7-8-10(2)9-14-12(4)15-11(3)13/h5-6,10,12H,7-9H2,1-4H3. The smallest absolute Gasteiger partial charge is 0.304 e. The molecule has 0 spiro atoms. The Morgan fingerprint density at radius 1 is 1.40 bits per heavy atom. The number of allylic oxidation sites excluding steroid dienone is 2. The predicted molar refractivity (Wildman–Crippen MR) is 60.4 cm³/mol. The van der Waals surface area contributed by atoms with Gasteiger partial charge in [-0.15, -0.1) is 0 Å². The minimum atomic E-state index is -0.438. The Bertz CT molecular complexity index is 199. The van der Waals surface area contributed by atoms with Crippen LogP contribution in [0, 0.1) is 5.92 Å². The second-order valence-corrected chi connectivity index (χ2v) is 3.76. The van der Waals surface area contributed by atoms with E-state index in [2.05, 4.69) is 19.1 Å². The van der Waals surface area contributed by atoms with E-state index in [-0.39, 0.29) is 5.97 Å². The molecule has 0 aromatic heterocycles. The highest BCUT2D eigenvalue weighted by atomic mass is 16.7. The number of rotatable bonds is 7. The minimum Gasteiger partial charge on any atom is -0.436 e. The van der Waals surface area contributed by atoms with Gasteiger partial charge in [0.15, 0.2) is 6.29 Å². The monoisotopic (exact) mass is 214 g/mol. The van der Waals surface area contributed by atoms with E-state index in [1.165, 1.54) is 6.92 Å². The maximum absolute atomic E-state index is 10.6. The Balaban J connectivity index is 3.52. The van der Waals surface area contributed by atoms with Gasteiger partial charge < -0.3 is 9.47 Å². The van der Waals surface area contributed by atoms with Crippen molar-refractivity contribution in [1.29, 1.82) is 0 Å². The first-order valence-electron chi connectivity index (χ1n) is 5.46. The van der Waals surface area contributed by atoms with E-state index in [9.17, 15) is 4.79 Å². The van der Waals surface area contributed by atoms with Gasteiger partial charge in [0.1, 0.15) is 0 Å². The van der Waals surface area contributed by atoms with Crippen molar-refractivity contribution in [2.75, 3.05) is 6.61 Å². The molecule has 0 aliphatic heterocycles. The molecule has 0 N–H and O–H groups in total. The van der Waals surface area contributed by atoms with Crippen molar-refractivity contribution >= 4 is 5.97 Å². The van der Waals surface area contributed by atoms with Crippen molar-refractivity contribution in [3.63, 3.8) is 0 Å². The van der Waals surface area contributed by atoms with Gasteiger partial charge in [0.25, 0.3) is 0 Å². The van der Waals surface area contributed by atoms with Crippen LogP contribution in [0.25, 0.3) is 0 Å². The lowest BCUT2D eigenvalue weighted by atomic mass is 10.1. The molecule has 2 atom stereocenters. The average Bonchev–Trinajstić information content (AvgIpc) is 2.14. The largest absolute Gasteiger partial charge is 0.436 e. The molecule has 0 aromatic carbocycles. The summed E-state index contributed by atoms with van der Waals surface area (Å²) in [5, 5.41) is 0. The van der Waals surface area contributed by atoms with E-state index < -0.39 is 6.29 Å². The van der Waals surface area contributed by atoms with Crippen LogP contribution in [0.3, 0.4) is 0 Å². The van der Waals surface area contributed by atoms with Crippen molar-refractivity contribution in [3.05, 3.63) is 12.2 Å². The molecule has 88 valence electrons. The fourth-order valence-corrected chi connectivity index (χ4v) is 1.20. The molecule has 15 heavy (non-hydrogen) atoms. The van der Waals surface area contributed by atoms with Crippen LogP contribution in [0.5, 0.6) is 0 Å². The van der Waals surface area contributed by atoms with Gasteiger partial charge in [0, 0.05) is 6.92 Å². The third kappa shape index (κ3) is 9.47. The second-order valence-electron chi connectivity index (χ2n) is 3.76. The Morgan fingerprint density at radius 3 is 2.60 bits per heavy atom. The van der Waals surface area contributed by atoms with Crippen LogP contribution in [0.4, 0.5) is 0 Å². The molecule has 0 bridgehead atoms. The summed E-state index contributed by atoms with van der Waals surface area (Å²) in [6.45, 7) is 7.90. The van der Waals surface area contributed by atoms with Crippen LogP contribution in [0.1, 0.15) is 40.5 Å². The van der Waals surface area contributed by atoms with Crippen LogP contribution < -0.4 is 0 Å². The summed E-state index contributed by atoms with van der Waals surface area (Å²) >= 11 is 0. The van der Waals surface area contributed by atoms with Gasteiger partial charge in [-0.1, -0.05) is 19.1 Å². The highest BCUT2D eigenvalue weighted by Crippen LogP contribution is 2.08.